The zero-order valence-electron chi connectivity index (χ0n) is 6.99. The van der Waals surface area contributed by atoms with Crippen LogP contribution >= 0.6 is 11.6 Å². The molecule has 0 bridgehead atoms. The number of halogens is 1. The van der Waals surface area contributed by atoms with E-state index in [1.54, 1.807) is 6.33 Å². The van der Waals surface area contributed by atoms with E-state index in [4.69, 9.17) is 11.6 Å². The molecule has 5 heteroatoms. The summed E-state index contributed by atoms with van der Waals surface area (Å²) in [5.41, 5.74) is 0.993. The molecule has 1 aromatic heterocycles. The number of aromatic nitrogens is 2. The molecule has 0 fully saturated rings. The topological polar surface area (TPSA) is 25.8 Å². The predicted octanol–water partition coefficient (Wildman–Crippen LogP) is 0.696. The number of hydrogen-bond acceptors (Lipinski definition) is 2. The fourth-order valence-corrected chi connectivity index (χ4v) is 4.15. The predicted molar refractivity (Wildman–Crippen MR) is 55.7 cm³/mol. The minimum absolute atomic E-state index is 0.520. The first-order chi connectivity index (χ1) is 6.31. The molecular formula is C8H4ClN2NaSe. The van der Waals surface area contributed by atoms with Crippen LogP contribution in [0.15, 0.2) is 24.5 Å². The molecule has 2 rings (SSSR count). The van der Waals surface area contributed by atoms with Gasteiger partial charge < -0.3 is 0 Å². The molecule has 0 saturated carbocycles. The van der Waals surface area contributed by atoms with Crippen LogP contribution in [0, 0.1) is 0 Å². The van der Waals surface area contributed by atoms with Gasteiger partial charge in [-0.15, -0.1) is 0 Å². The van der Waals surface area contributed by atoms with E-state index in [0.29, 0.717) is 10.5 Å². The molecular weight excluding hydrogens is 262 g/mol. The molecule has 0 saturated heterocycles. The average Bonchev–Trinajstić information content (AvgIpc) is 2.17. The van der Waals surface area contributed by atoms with Crippen LogP contribution in [0.4, 0.5) is 0 Å². The molecule has 0 N–H and O–H groups in total. The van der Waals surface area contributed by atoms with Crippen LogP contribution < -0.4 is 4.59 Å². The van der Waals surface area contributed by atoms with Gasteiger partial charge in [-0.05, 0) is 0 Å². The third-order valence-electron chi connectivity index (χ3n) is 1.75. The molecule has 0 radical (unpaired) electrons. The number of rotatable bonds is 1. The SMILES string of the molecule is [Na][Se]c1ncnc2ccc(Cl)cc12. The van der Waals surface area contributed by atoms with E-state index in [9.17, 15) is 0 Å². The van der Waals surface area contributed by atoms with Crippen molar-refractivity contribution in [2.75, 3.05) is 0 Å². The van der Waals surface area contributed by atoms with Gasteiger partial charge in [0.2, 0.25) is 0 Å². The molecule has 0 aliphatic heterocycles. The van der Waals surface area contributed by atoms with Gasteiger partial charge in [0.05, 0.1) is 0 Å². The number of benzene rings is 1. The van der Waals surface area contributed by atoms with E-state index in [2.05, 4.69) is 9.97 Å². The van der Waals surface area contributed by atoms with E-state index in [-0.39, 0.29) is 0 Å². The van der Waals surface area contributed by atoms with Crippen LogP contribution in [0.2, 0.25) is 5.02 Å². The second-order valence-electron chi connectivity index (χ2n) is 2.54. The van der Waals surface area contributed by atoms with Gasteiger partial charge in [0.15, 0.2) is 0 Å². The van der Waals surface area contributed by atoms with Crippen molar-refractivity contribution >= 4 is 63.0 Å². The molecule has 1 aromatic carbocycles. The van der Waals surface area contributed by atoms with Crippen LogP contribution in [0.5, 0.6) is 0 Å². The van der Waals surface area contributed by atoms with Crippen molar-refractivity contribution in [2.24, 2.45) is 0 Å². The molecule has 0 atom stereocenters. The van der Waals surface area contributed by atoms with Gasteiger partial charge >= 0.3 is 103 Å². The van der Waals surface area contributed by atoms with Crippen LogP contribution in [-0.4, -0.2) is 45.9 Å². The molecule has 2 nitrogen and oxygen atoms in total. The summed E-state index contributed by atoms with van der Waals surface area (Å²) in [4.78, 5) is 8.45. The Bertz CT molecular complexity index is 449. The Morgan fingerprint density at radius 1 is 1.31 bits per heavy atom. The minimum atomic E-state index is 0.520. The van der Waals surface area contributed by atoms with Gasteiger partial charge in [0.1, 0.15) is 0 Å². The third-order valence-corrected chi connectivity index (χ3v) is 5.49. The van der Waals surface area contributed by atoms with Crippen LogP contribution in [-0.2, 0) is 0 Å². The van der Waals surface area contributed by atoms with Gasteiger partial charge in [0.25, 0.3) is 0 Å². The molecule has 0 amide bonds. The van der Waals surface area contributed by atoms with E-state index < -0.39 is 0 Å². The molecule has 2 aromatic rings. The summed E-state index contributed by atoms with van der Waals surface area (Å²) < 4.78 is 1.17. The van der Waals surface area contributed by atoms with Gasteiger partial charge in [-0.1, -0.05) is 0 Å². The monoisotopic (exact) mass is 266 g/mol. The van der Waals surface area contributed by atoms with E-state index in [1.807, 2.05) is 18.2 Å². The van der Waals surface area contributed by atoms with Gasteiger partial charge in [-0.3, -0.25) is 0 Å². The van der Waals surface area contributed by atoms with Crippen LogP contribution in [0.1, 0.15) is 0 Å². The van der Waals surface area contributed by atoms with Crippen molar-refractivity contribution in [2.45, 2.75) is 0 Å². The Hall–Kier alpha value is 0.369. The second kappa shape index (κ2) is 4.26. The summed E-state index contributed by atoms with van der Waals surface area (Å²) in [6.07, 6.45) is 1.63. The standard InChI is InChI=1S/C8H5ClN2Se.Na/c9-5-1-2-7-6(3-5)8(12)11-4-10-7;/h1-4H,(H,10,11,12);/q;+1/p-1. The quantitative estimate of drug-likeness (QED) is 0.709. The van der Waals surface area contributed by atoms with Crippen molar-refractivity contribution in [1.82, 2.24) is 9.97 Å². The van der Waals surface area contributed by atoms with E-state index in [0.717, 1.165) is 15.9 Å². The summed E-state index contributed by atoms with van der Waals surface area (Å²) in [6.45, 7) is 0. The summed E-state index contributed by atoms with van der Waals surface area (Å²) in [5.74, 6) is 0. The van der Waals surface area contributed by atoms with Gasteiger partial charge in [-0.25, -0.2) is 0 Å². The van der Waals surface area contributed by atoms with Crippen molar-refractivity contribution in [3.8, 4) is 0 Å². The maximum atomic E-state index is 5.91. The third kappa shape index (κ3) is 2.07. The first-order valence-corrected chi connectivity index (χ1v) is 10.9. The molecule has 60 valence electrons. The Morgan fingerprint density at radius 2 is 2.15 bits per heavy atom. The molecule has 0 aliphatic rings. The Balaban J connectivity index is 2.79. The zero-order valence-corrected chi connectivity index (χ0v) is 11.5. The van der Waals surface area contributed by atoms with E-state index >= 15 is 0 Å². The zero-order chi connectivity index (χ0) is 9.26. The van der Waals surface area contributed by atoms with Gasteiger partial charge in [-0.2, -0.15) is 0 Å². The second-order valence-corrected chi connectivity index (χ2v) is 6.77. The molecule has 0 spiro atoms. The Morgan fingerprint density at radius 3 is 2.92 bits per heavy atom. The van der Waals surface area contributed by atoms with Crippen molar-refractivity contribution < 1.29 is 0 Å². The molecule has 13 heavy (non-hydrogen) atoms. The van der Waals surface area contributed by atoms with Gasteiger partial charge in [0, 0.05) is 0 Å². The van der Waals surface area contributed by atoms with Crippen molar-refractivity contribution in [1.29, 1.82) is 0 Å². The molecule has 0 unspecified atom stereocenters. The first kappa shape index (κ1) is 9.91. The Labute approximate surface area is 102 Å². The fraction of sp³-hybridized carbons (Fsp3) is 0. The summed E-state index contributed by atoms with van der Waals surface area (Å²) in [6, 6.07) is 5.75. The van der Waals surface area contributed by atoms with E-state index in [1.165, 1.54) is 30.0 Å². The molecule has 1 heterocycles. The Kier molecular flexibility index (Phi) is 3.25. The number of nitrogens with zero attached hydrogens (tertiary/aromatic N) is 2. The maximum absolute atomic E-state index is 5.91. The first-order valence-electron chi connectivity index (χ1n) is 3.75. The average molecular weight is 266 g/mol. The summed E-state index contributed by atoms with van der Waals surface area (Å²) >= 11 is 7.08. The van der Waals surface area contributed by atoms with Crippen LogP contribution in [0.25, 0.3) is 10.9 Å². The summed E-state index contributed by atoms with van der Waals surface area (Å²) in [5, 5.41) is 1.87. The number of hydrogen-bond donors (Lipinski definition) is 0. The summed E-state index contributed by atoms with van der Waals surface area (Å²) in [7, 11) is 0.520. The van der Waals surface area contributed by atoms with Crippen molar-refractivity contribution in [3.05, 3.63) is 29.5 Å². The molecule has 0 aliphatic carbocycles. The number of fused-ring (bicyclic) bond motifs is 1. The van der Waals surface area contributed by atoms with Crippen LogP contribution in [0.3, 0.4) is 0 Å². The normalized spacial score (nSPS) is 10.7. The van der Waals surface area contributed by atoms with Crippen molar-refractivity contribution in [3.63, 3.8) is 0 Å². The fourth-order valence-electron chi connectivity index (χ4n) is 1.17.